The van der Waals surface area contributed by atoms with Crippen molar-refractivity contribution in [3.63, 3.8) is 0 Å². The van der Waals surface area contributed by atoms with Gasteiger partial charge in [0.15, 0.2) is 0 Å². The third-order valence-electron chi connectivity index (χ3n) is 3.82. The molecule has 27 heavy (non-hydrogen) atoms. The van der Waals surface area contributed by atoms with Gasteiger partial charge < -0.3 is 15.8 Å². The van der Waals surface area contributed by atoms with E-state index in [-0.39, 0.29) is 5.91 Å². The summed E-state index contributed by atoms with van der Waals surface area (Å²) in [5, 5.41) is 3.98. The van der Waals surface area contributed by atoms with Crippen LogP contribution >= 0.6 is 0 Å². The second kappa shape index (κ2) is 12.6. The predicted molar refractivity (Wildman–Crippen MR) is 103 cm³/mol. The van der Waals surface area contributed by atoms with Crippen LogP contribution in [0.15, 0.2) is 30.1 Å². The van der Waals surface area contributed by atoms with Crippen LogP contribution in [0.1, 0.15) is 59.2 Å². The quantitative estimate of drug-likeness (QED) is 0.210. The molecule has 0 saturated carbocycles. The lowest BCUT2D eigenvalue weighted by molar-refractivity contribution is -0.107. The maximum Gasteiger partial charge on any atom is 0.251 e. The van der Waals surface area contributed by atoms with Gasteiger partial charge in [-0.05, 0) is 43.9 Å². The Balaban J connectivity index is 2.78. The van der Waals surface area contributed by atoms with Crippen LogP contribution in [0, 0.1) is 0 Å². The first kappa shape index (κ1) is 22.3. The number of carbonyl (C=O) groups is 3. The number of anilines is 1. The number of carbonyl (C=O) groups excluding carboxylic acids is 3. The average Bonchev–Trinajstić information content (AvgIpc) is 2.68. The zero-order valence-corrected chi connectivity index (χ0v) is 15.3. The van der Waals surface area contributed by atoms with Gasteiger partial charge in [-0.3, -0.25) is 19.0 Å². The molecule has 0 unspecified atom stereocenters. The molecule has 0 aliphatic heterocycles. The van der Waals surface area contributed by atoms with E-state index in [1.54, 1.807) is 6.07 Å². The molecule has 0 fully saturated rings. The number of allylic oxidation sites excluding steroid dienone is 1. The number of hydrogen-bond donors (Lipinski definition) is 3. The van der Waals surface area contributed by atoms with Gasteiger partial charge in [0.1, 0.15) is 12.6 Å². The van der Waals surface area contributed by atoms with Crippen molar-refractivity contribution in [2.75, 3.05) is 18.2 Å². The van der Waals surface area contributed by atoms with Gasteiger partial charge in [-0.2, -0.15) is 0 Å². The Labute approximate surface area is 158 Å². The fourth-order valence-electron chi connectivity index (χ4n) is 2.40. The minimum absolute atomic E-state index is 0.297. The van der Waals surface area contributed by atoms with Gasteiger partial charge in [0.05, 0.1) is 12.4 Å². The summed E-state index contributed by atoms with van der Waals surface area (Å²) in [4.78, 5) is 33.8. The lowest BCUT2D eigenvalue weighted by Gasteiger charge is -2.17. The van der Waals surface area contributed by atoms with E-state index in [2.05, 4.69) is 5.32 Å². The molecule has 148 valence electrons. The number of alkyl halides is 1. The summed E-state index contributed by atoms with van der Waals surface area (Å²) < 4.78 is 12.2. The number of amides is 1. The molecule has 1 aromatic rings. The van der Waals surface area contributed by atoms with E-state index in [4.69, 9.17) is 11.6 Å². The van der Waals surface area contributed by atoms with Crippen molar-refractivity contribution in [2.45, 2.75) is 38.5 Å². The Hall–Kier alpha value is -2.74. The molecule has 1 rings (SSSR count). The molecule has 1 amide bonds. The summed E-state index contributed by atoms with van der Waals surface area (Å²) in [6.45, 7) is -0.0000353. The summed E-state index contributed by atoms with van der Waals surface area (Å²) in [5.74, 6) is 5.61. The van der Waals surface area contributed by atoms with E-state index in [0.717, 1.165) is 25.5 Å². The van der Waals surface area contributed by atoms with Crippen LogP contribution < -0.4 is 21.9 Å². The lowest BCUT2D eigenvalue weighted by Crippen LogP contribution is -2.28. The number of halogens is 1. The molecule has 0 aliphatic carbocycles. The van der Waals surface area contributed by atoms with Crippen LogP contribution in [0.2, 0.25) is 0 Å². The van der Waals surface area contributed by atoms with Gasteiger partial charge in [-0.1, -0.05) is 6.42 Å². The number of unbranched alkanes of at least 4 members (excludes halogenated alkanes) is 3. The summed E-state index contributed by atoms with van der Waals surface area (Å²) in [7, 11) is 0. The highest BCUT2D eigenvalue weighted by atomic mass is 19.1. The first-order valence-corrected chi connectivity index (χ1v) is 8.90. The second-order valence-electron chi connectivity index (χ2n) is 6.11. The summed E-state index contributed by atoms with van der Waals surface area (Å²) >= 11 is 0. The molecule has 0 bridgehead atoms. The monoisotopic (exact) mass is 378 g/mol. The van der Waals surface area contributed by atoms with Crippen LogP contribution in [-0.2, 0) is 4.79 Å². The van der Waals surface area contributed by atoms with E-state index in [0.29, 0.717) is 54.6 Å². The fraction of sp³-hybridized carbons (Fsp3) is 0.421. The Kier molecular flexibility index (Phi) is 10.4. The lowest BCUT2D eigenvalue weighted by atomic mass is 10.1. The molecular weight excluding hydrogens is 351 g/mol. The molecule has 7 nitrogen and oxygen atoms in total. The Morgan fingerprint density at radius 1 is 1.15 bits per heavy atom. The summed E-state index contributed by atoms with van der Waals surface area (Å²) in [6.07, 6.45) is 6.52. The maximum atomic E-state index is 12.3. The number of nitrogens with two attached hydrogens (primary N) is 2. The van der Waals surface area contributed by atoms with Crippen molar-refractivity contribution in [2.24, 2.45) is 11.6 Å². The fourth-order valence-corrected chi connectivity index (χ4v) is 2.40. The number of rotatable bonds is 13. The Bertz CT molecular complexity index is 664. The summed E-state index contributed by atoms with van der Waals surface area (Å²) in [5.41, 5.74) is 7.20. The number of aldehydes is 2. The molecular formula is C19H27FN4O3. The average molecular weight is 378 g/mol. The van der Waals surface area contributed by atoms with E-state index in [1.807, 2.05) is 0 Å². The first-order valence-electron chi connectivity index (χ1n) is 8.90. The molecule has 0 radical (unpaired) electrons. The SMILES string of the molecule is N/C(=C\N(N)c1cc(C=O)cc(C(=O)NCCCCCC=O)c1)CCCF. The molecule has 0 heterocycles. The van der Waals surface area contributed by atoms with Crippen molar-refractivity contribution in [3.8, 4) is 0 Å². The van der Waals surface area contributed by atoms with Gasteiger partial charge in [0.25, 0.3) is 5.91 Å². The highest BCUT2D eigenvalue weighted by molar-refractivity contribution is 5.97. The van der Waals surface area contributed by atoms with Crippen molar-refractivity contribution in [3.05, 3.63) is 41.2 Å². The Morgan fingerprint density at radius 2 is 1.93 bits per heavy atom. The number of hydrazine groups is 1. The molecule has 0 saturated heterocycles. The zero-order valence-electron chi connectivity index (χ0n) is 15.3. The van der Waals surface area contributed by atoms with Gasteiger partial charge in [0, 0.05) is 36.0 Å². The van der Waals surface area contributed by atoms with Gasteiger partial charge in [0.2, 0.25) is 0 Å². The van der Waals surface area contributed by atoms with Crippen molar-refractivity contribution in [1.29, 1.82) is 0 Å². The van der Waals surface area contributed by atoms with Gasteiger partial charge >= 0.3 is 0 Å². The molecule has 0 aromatic heterocycles. The Morgan fingerprint density at radius 3 is 2.59 bits per heavy atom. The normalized spacial score (nSPS) is 11.1. The number of benzene rings is 1. The third kappa shape index (κ3) is 8.46. The predicted octanol–water partition coefficient (Wildman–Crippen LogP) is 2.22. The van der Waals surface area contributed by atoms with Crippen LogP contribution in [0.25, 0.3) is 0 Å². The number of hydrogen-bond acceptors (Lipinski definition) is 6. The molecule has 0 spiro atoms. The van der Waals surface area contributed by atoms with Gasteiger partial charge in [-0.25, -0.2) is 5.84 Å². The van der Waals surface area contributed by atoms with Gasteiger partial charge in [-0.15, -0.1) is 0 Å². The molecule has 0 atom stereocenters. The van der Waals surface area contributed by atoms with Crippen LogP contribution in [0.3, 0.4) is 0 Å². The van der Waals surface area contributed by atoms with Crippen LogP contribution in [0.4, 0.5) is 10.1 Å². The van der Waals surface area contributed by atoms with E-state index in [1.165, 1.54) is 23.3 Å². The number of nitrogens with one attached hydrogen (secondary N) is 1. The largest absolute Gasteiger partial charge is 0.401 e. The van der Waals surface area contributed by atoms with Crippen molar-refractivity contribution in [1.82, 2.24) is 5.32 Å². The minimum atomic E-state index is -0.473. The second-order valence-corrected chi connectivity index (χ2v) is 6.11. The summed E-state index contributed by atoms with van der Waals surface area (Å²) in [6, 6.07) is 4.55. The molecule has 5 N–H and O–H groups in total. The molecule has 8 heteroatoms. The van der Waals surface area contributed by atoms with Crippen molar-refractivity contribution < 1.29 is 18.8 Å². The first-order chi connectivity index (χ1) is 13.0. The van der Waals surface area contributed by atoms with Crippen LogP contribution in [0.5, 0.6) is 0 Å². The number of nitrogens with zero attached hydrogens (tertiary/aromatic N) is 1. The molecule has 0 aliphatic rings. The molecule has 1 aromatic carbocycles. The third-order valence-corrected chi connectivity index (χ3v) is 3.82. The van der Waals surface area contributed by atoms with E-state index in [9.17, 15) is 18.8 Å². The van der Waals surface area contributed by atoms with E-state index >= 15 is 0 Å². The highest BCUT2D eigenvalue weighted by Gasteiger charge is 2.11. The standard InChI is InChI=1S/C19H27FN4O3/c20-7-5-6-17(21)13-24(22)18-11-15(14-26)10-16(12-18)19(27)23-8-3-1-2-4-9-25/h9-14H,1-8,21-22H2,(H,23,27)/b17-13-. The minimum Gasteiger partial charge on any atom is -0.401 e. The smallest absolute Gasteiger partial charge is 0.251 e. The van der Waals surface area contributed by atoms with Crippen molar-refractivity contribution >= 4 is 24.2 Å². The zero-order chi connectivity index (χ0) is 20.1. The van der Waals surface area contributed by atoms with E-state index < -0.39 is 6.67 Å². The van der Waals surface area contributed by atoms with Crippen LogP contribution in [-0.4, -0.2) is 31.7 Å². The maximum absolute atomic E-state index is 12.3. The topological polar surface area (TPSA) is 119 Å². The highest BCUT2D eigenvalue weighted by Crippen LogP contribution is 2.18.